The number of aryl methyl sites for hydroxylation is 1. The Balaban J connectivity index is 2.17. The first-order valence-corrected chi connectivity index (χ1v) is 6.86. The van der Waals surface area contributed by atoms with Crippen LogP contribution in [-0.2, 0) is 10.2 Å². The van der Waals surface area contributed by atoms with Crippen molar-refractivity contribution in [1.29, 1.82) is 0 Å². The van der Waals surface area contributed by atoms with E-state index < -0.39 is 11.4 Å². The second-order valence-corrected chi connectivity index (χ2v) is 5.39. The molecule has 1 aromatic heterocycles. The van der Waals surface area contributed by atoms with Gasteiger partial charge in [-0.2, -0.15) is 15.0 Å². The molecular formula is C15H17N3O2. The number of carbonyl (C=O) groups is 1. The van der Waals surface area contributed by atoms with Crippen LogP contribution in [0.3, 0.4) is 0 Å². The van der Waals surface area contributed by atoms with Crippen molar-refractivity contribution in [1.82, 2.24) is 15.0 Å². The van der Waals surface area contributed by atoms with Crippen LogP contribution in [0.2, 0.25) is 0 Å². The number of aromatic nitrogens is 3. The zero-order valence-corrected chi connectivity index (χ0v) is 11.4. The highest BCUT2D eigenvalue weighted by atomic mass is 16.4. The molecule has 1 heterocycles. The lowest BCUT2D eigenvalue weighted by atomic mass is 9.78. The normalized spacial score (nSPS) is 17.2. The molecule has 5 nitrogen and oxygen atoms in total. The number of hydrogen-bond acceptors (Lipinski definition) is 3. The largest absolute Gasteiger partial charge is 0.481 e. The highest BCUT2D eigenvalue weighted by molar-refractivity contribution is 5.83. The van der Waals surface area contributed by atoms with Crippen molar-refractivity contribution in [2.45, 2.75) is 38.0 Å². The minimum absolute atomic E-state index is 0.680. The molecule has 0 spiro atoms. The van der Waals surface area contributed by atoms with Crippen molar-refractivity contribution in [2.24, 2.45) is 0 Å². The first-order valence-electron chi connectivity index (χ1n) is 6.86. The van der Waals surface area contributed by atoms with Crippen molar-refractivity contribution in [3.05, 3.63) is 41.7 Å². The number of carboxylic acids is 1. The molecule has 0 atom stereocenters. The van der Waals surface area contributed by atoms with Crippen LogP contribution in [0.1, 0.15) is 36.9 Å². The lowest BCUT2D eigenvalue weighted by Crippen LogP contribution is -2.34. The number of hydrogen-bond donors (Lipinski definition) is 1. The van der Waals surface area contributed by atoms with Gasteiger partial charge in [-0.05, 0) is 31.4 Å². The highest BCUT2D eigenvalue weighted by Crippen LogP contribution is 2.43. The van der Waals surface area contributed by atoms with Crippen LogP contribution in [-0.4, -0.2) is 26.1 Å². The molecular weight excluding hydrogens is 254 g/mol. The Morgan fingerprint density at radius 1 is 1.30 bits per heavy atom. The fourth-order valence-corrected chi connectivity index (χ4v) is 3.09. The Morgan fingerprint density at radius 3 is 2.60 bits per heavy atom. The van der Waals surface area contributed by atoms with Crippen molar-refractivity contribution in [2.75, 3.05) is 0 Å². The second kappa shape index (κ2) is 4.74. The van der Waals surface area contributed by atoms with E-state index >= 15 is 0 Å². The molecule has 1 saturated carbocycles. The summed E-state index contributed by atoms with van der Waals surface area (Å²) >= 11 is 0. The van der Waals surface area contributed by atoms with Gasteiger partial charge in [-0.1, -0.05) is 31.0 Å². The maximum absolute atomic E-state index is 11.9. The topological polar surface area (TPSA) is 68.0 Å². The summed E-state index contributed by atoms with van der Waals surface area (Å²) in [7, 11) is 0. The molecule has 104 valence electrons. The van der Waals surface area contributed by atoms with Gasteiger partial charge in [-0.25, -0.2) is 0 Å². The average Bonchev–Trinajstić information content (AvgIpc) is 3.08. The van der Waals surface area contributed by atoms with Crippen LogP contribution < -0.4 is 0 Å². The molecule has 0 unspecified atom stereocenters. The third-order valence-electron chi connectivity index (χ3n) is 4.11. The summed E-state index contributed by atoms with van der Waals surface area (Å²) in [6.45, 7) is 1.87. The highest BCUT2D eigenvalue weighted by Gasteiger charge is 2.44. The Kier molecular flexibility index (Phi) is 3.04. The summed E-state index contributed by atoms with van der Waals surface area (Å²) in [5.41, 5.74) is 1.61. The maximum atomic E-state index is 11.9. The van der Waals surface area contributed by atoms with Crippen LogP contribution in [0.5, 0.6) is 0 Å². The van der Waals surface area contributed by atoms with Crippen molar-refractivity contribution >= 4 is 5.97 Å². The van der Waals surface area contributed by atoms with E-state index in [-0.39, 0.29) is 0 Å². The molecule has 0 aliphatic heterocycles. The van der Waals surface area contributed by atoms with Gasteiger partial charge >= 0.3 is 5.97 Å². The van der Waals surface area contributed by atoms with E-state index in [1.165, 1.54) is 4.80 Å². The Labute approximate surface area is 117 Å². The monoisotopic (exact) mass is 271 g/mol. The third kappa shape index (κ3) is 1.90. The molecule has 0 saturated heterocycles. The molecule has 1 N–H and O–H groups in total. The number of nitrogens with zero attached hydrogens (tertiary/aromatic N) is 3. The number of aliphatic carboxylic acids is 1. The summed E-state index contributed by atoms with van der Waals surface area (Å²) in [6.07, 6.45) is 4.94. The van der Waals surface area contributed by atoms with Gasteiger partial charge in [0, 0.05) is 0 Å². The van der Waals surface area contributed by atoms with Crippen molar-refractivity contribution < 1.29 is 9.90 Å². The first-order chi connectivity index (χ1) is 9.63. The molecule has 1 fully saturated rings. The van der Waals surface area contributed by atoms with E-state index in [1.54, 1.807) is 6.20 Å². The molecule has 0 radical (unpaired) electrons. The van der Waals surface area contributed by atoms with Gasteiger partial charge in [0.2, 0.25) is 0 Å². The zero-order valence-electron chi connectivity index (χ0n) is 11.4. The molecule has 2 aromatic rings. The Bertz CT molecular complexity index is 642. The van der Waals surface area contributed by atoms with Crippen LogP contribution >= 0.6 is 0 Å². The fraction of sp³-hybridized carbons (Fsp3) is 0.400. The Morgan fingerprint density at radius 2 is 2.00 bits per heavy atom. The number of para-hydroxylation sites is 1. The molecule has 0 amide bonds. The van der Waals surface area contributed by atoms with E-state index in [9.17, 15) is 9.90 Å². The van der Waals surface area contributed by atoms with Gasteiger partial charge < -0.3 is 5.11 Å². The lowest BCUT2D eigenvalue weighted by molar-refractivity contribution is -0.143. The van der Waals surface area contributed by atoms with Gasteiger partial charge in [0.25, 0.3) is 0 Å². The number of carboxylic acid groups (broad SMARTS) is 1. The number of benzene rings is 1. The van der Waals surface area contributed by atoms with Gasteiger partial charge in [-0.3, -0.25) is 4.79 Å². The first kappa shape index (κ1) is 12.8. The SMILES string of the molecule is Cc1cnn(-c2ccccc2C2(C(=O)O)CCCC2)n1. The molecule has 0 bridgehead atoms. The van der Waals surface area contributed by atoms with Crippen molar-refractivity contribution in [3.8, 4) is 5.69 Å². The average molecular weight is 271 g/mol. The van der Waals surface area contributed by atoms with Gasteiger partial charge in [0.05, 0.1) is 23.0 Å². The summed E-state index contributed by atoms with van der Waals surface area (Å²) in [5, 5.41) is 18.3. The molecule has 3 rings (SSSR count). The minimum atomic E-state index is -0.794. The second-order valence-electron chi connectivity index (χ2n) is 5.39. The molecule has 20 heavy (non-hydrogen) atoms. The quantitative estimate of drug-likeness (QED) is 0.931. The third-order valence-corrected chi connectivity index (χ3v) is 4.11. The van der Waals surface area contributed by atoms with E-state index in [4.69, 9.17) is 0 Å². The molecule has 5 heteroatoms. The molecule has 1 aromatic carbocycles. The van der Waals surface area contributed by atoms with Crippen molar-refractivity contribution in [3.63, 3.8) is 0 Å². The van der Waals surface area contributed by atoms with Gasteiger partial charge in [0.15, 0.2) is 0 Å². The standard InChI is InChI=1S/C15H17N3O2/c1-11-10-16-18(17-11)13-7-3-2-6-12(13)15(14(19)20)8-4-5-9-15/h2-3,6-7,10H,4-5,8-9H2,1H3,(H,19,20). The summed E-state index contributed by atoms with van der Waals surface area (Å²) in [6, 6.07) is 7.56. The summed E-state index contributed by atoms with van der Waals surface area (Å²) in [4.78, 5) is 13.4. The fourth-order valence-electron chi connectivity index (χ4n) is 3.09. The Hall–Kier alpha value is -2.17. The van der Waals surface area contributed by atoms with Crippen LogP contribution in [0, 0.1) is 6.92 Å². The van der Waals surface area contributed by atoms with Gasteiger partial charge in [-0.15, -0.1) is 0 Å². The van der Waals surface area contributed by atoms with Crippen LogP contribution in [0.15, 0.2) is 30.5 Å². The summed E-state index contributed by atoms with van der Waals surface area (Å²) < 4.78 is 0. The molecule has 1 aliphatic rings. The minimum Gasteiger partial charge on any atom is -0.481 e. The predicted molar refractivity (Wildman–Crippen MR) is 73.9 cm³/mol. The van der Waals surface area contributed by atoms with Gasteiger partial charge in [0.1, 0.15) is 0 Å². The van der Waals surface area contributed by atoms with E-state index in [2.05, 4.69) is 10.2 Å². The van der Waals surface area contributed by atoms with Crippen LogP contribution in [0.25, 0.3) is 5.69 Å². The lowest BCUT2D eigenvalue weighted by Gasteiger charge is -2.26. The van der Waals surface area contributed by atoms with E-state index in [0.29, 0.717) is 12.8 Å². The predicted octanol–water partition coefficient (Wildman–Crippen LogP) is 2.47. The summed E-state index contributed by atoms with van der Waals surface area (Å²) in [5.74, 6) is -0.744. The van der Waals surface area contributed by atoms with Crippen LogP contribution in [0.4, 0.5) is 0 Å². The van der Waals surface area contributed by atoms with E-state index in [1.807, 2.05) is 31.2 Å². The molecule has 1 aliphatic carbocycles. The zero-order chi connectivity index (χ0) is 14.2. The smallest absolute Gasteiger partial charge is 0.314 e. The van der Waals surface area contributed by atoms with E-state index in [0.717, 1.165) is 29.8 Å². The number of rotatable bonds is 3. The maximum Gasteiger partial charge on any atom is 0.314 e.